The molecule has 176 valence electrons. The second kappa shape index (κ2) is 9.87. The van der Waals surface area contributed by atoms with Crippen molar-refractivity contribution in [1.29, 1.82) is 0 Å². The summed E-state index contributed by atoms with van der Waals surface area (Å²) >= 11 is 6.64. The molecule has 1 fully saturated rings. The Bertz CT molecular complexity index is 1150. The summed E-state index contributed by atoms with van der Waals surface area (Å²) in [4.78, 5) is 32.1. The van der Waals surface area contributed by atoms with Crippen LogP contribution in [0.2, 0.25) is 5.02 Å². The summed E-state index contributed by atoms with van der Waals surface area (Å²) in [6.45, 7) is 1.89. The number of Topliss-reactive ketones (excluding diaryl/α,β-unsaturated/α-hetero) is 1. The van der Waals surface area contributed by atoms with Gasteiger partial charge in [0.15, 0.2) is 5.78 Å². The van der Waals surface area contributed by atoms with Crippen LogP contribution in [0.4, 0.5) is 0 Å². The summed E-state index contributed by atoms with van der Waals surface area (Å²) in [6, 6.07) is 17.6. The summed E-state index contributed by atoms with van der Waals surface area (Å²) in [6.07, 6.45) is 6.18. The Kier molecular flexibility index (Phi) is 6.69. The van der Waals surface area contributed by atoms with E-state index >= 15 is 0 Å². The lowest BCUT2D eigenvalue weighted by Crippen LogP contribution is -2.39. The lowest BCUT2D eigenvalue weighted by atomic mass is 9.69. The zero-order valence-electron chi connectivity index (χ0n) is 19.5. The van der Waals surface area contributed by atoms with Crippen LogP contribution < -0.4 is 0 Å². The first-order valence-corrected chi connectivity index (χ1v) is 12.7. The van der Waals surface area contributed by atoms with Gasteiger partial charge in [-0.1, -0.05) is 66.6 Å². The molecular weight excluding hydrogens is 446 g/mol. The molecule has 1 heterocycles. The maximum atomic E-state index is 13.6. The minimum absolute atomic E-state index is 0.0479. The number of benzene rings is 2. The highest BCUT2D eigenvalue weighted by Crippen LogP contribution is 2.48. The molecule has 1 saturated carbocycles. The van der Waals surface area contributed by atoms with E-state index in [2.05, 4.69) is 12.1 Å². The van der Waals surface area contributed by atoms with Crippen LogP contribution in [-0.2, 0) is 14.3 Å². The molecule has 0 radical (unpaired) electrons. The molecule has 3 unspecified atom stereocenters. The number of esters is 1. The minimum Gasteiger partial charge on any atom is -0.462 e. The first-order chi connectivity index (χ1) is 16.5. The molecule has 0 aromatic heterocycles. The Labute approximate surface area is 206 Å². The van der Waals surface area contributed by atoms with Crippen molar-refractivity contribution in [2.24, 2.45) is 10.9 Å². The van der Waals surface area contributed by atoms with E-state index in [1.807, 2.05) is 49.4 Å². The molecule has 3 atom stereocenters. The van der Waals surface area contributed by atoms with Crippen LogP contribution in [-0.4, -0.2) is 23.6 Å². The molecule has 2 aliphatic carbocycles. The van der Waals surface area contributed by atoms with Gasteiger partial charge in [-0.3, -0.25) is 14.6 Å². The third kappa shape index (κ3) is 4.48. The standard InChI is InChI=1S/C29H30ClNO3/c1-18-26(29(33)34-21-12-6-3-7-13-21)27(22-14-8-9-15-23(22)30)28-24(31-18)16-20(17-25(28)32)19-10-4-2-5-11-19/h2,4-5,8-11,14-15,20-21,26-27H,3,6-7,12-13,16-17H2,1H3. The Hall–Kier alpha value is -2.72. The molecule has 0 bridgehead atoms. The maximum Gasteiger partial charge on any atom is 0.315 e. The van der Waals surface area contributed by atoms with Gasteiger partial charge in [-0.2, -0.15) is 0 Å². The maximum absolute atomic E-state index is 13.6. The van der Waals surface area contributed by atoms with Gasteiger partial charge in [-0.25, -0.2) is 0 Å². The first-order valence-electron chi connectivity index (χ1n) is 12.3. The SMILES string of the molecule is CC1=NC2=C(C(=O)CC(c3ccccc3)C2)C(c2ccccc2Cl)C1C(=O)OC1CCCCC1. The molecule has 0 N–H and O–H groups in total. The number of carbonyl (C=O) groups is 2. The van der Waals surface area contributed by atoms with Crippen LogP contribution >= 0.6 is 11.6 Å². The van der Waals surface area contributed by atoms with Crippen LogP contribution in [0, 0.1) is 5.92 Å². The smallest absolute Gasteiger partial charge is 0.315 e. The predicted molar refractivity (Wildman–Crippen MR) is 134 cm³/mol. The second-order valence-electron chi connectivity index (χ2n) is 9.73. The molecule has 34 heavy (non-hydrogen) atoms. The monoisotopic (exact) mass is 475 g/mol. The van der Waals surface area contributed by atoms with E-state index < -0.39 is 11.8 Å². The fourth-order valence-corrected chi connectivity index (χ4v) is 6.06. The van der Waals surface area contributed by atoms with Crippen molar-refractivity contribution in [2.45, 2.75) is 69.8 Å². The minimum atomic E-state index is -0.641. The molecule has 5 rings (SSSR count). The van der Waals surface area contributed by atoms with Gasteiger partial charge in [0.05, 0.1) is 0 Å². The van der Waals surface area contributed by atoms with Crippen LogP contribution in [0.3, 0.4) is 0 Å². The molecule has 2 aromatic carbocycles. The van der Waals surface area contributed by atoms with Crippen LogP contribution in [0.5, 0.6) is 0 Å². The largest absolute Gasteiger partial charge is 0.462 e. The lowest BCUT2D eigenvalue weighted by molar-refractivity contribution is -0.153. The van der Waals surface area contributed by atoms with Crippen molar-refractivity contribution in [3.8, 4) is 0 Å². The zero-order valence-corrected chi connectivity index (χ0v) is 20.3. The van der Waals surface area contributed by atoms with E-state index in [9.17, 15) is 9.59 Å². The summed E-state index contributed by atoms with van der Waals surface area (Å²) < 4.78 is 6.00. The summed E-state index contributed by atoms with van der Waals surface area (Å²) in [5.74, 6) is -1.27. The number of halogens is 1. The highest BCUT2D eigenvalue weighted by molar-refractivity contribution is 6.31. The normalized spacial score (nSPS) is 25.5. The van der Waals surface area contributed by atoms with E-state index in [1.165, 1.54) is 6.42 Å². The summed E-state index contributed by atoms with van der Waals surface area (Å²) in [7, 11) is 0. The highest BCUT2D eigenvalue weighted by atomic mass is 35.5. The van der Waals surface area contributed by atoms with E-state index in [4.69, 9.17) is 21.3 Å². The average molecular weight is 476 g/mol. The lowest BCUT2D eigenvalue weighted by Gasteiger charge is -2.37. The van der Waals surface area contributed by atoms with Crippen molar-refractivity contribution < 1.29 is 14.3 Å². The number of hydrogen-bond acceptors (Lipinski definition) is 4. The molecule has 0 saturated heterocycles. The van der Waals surface area contributed by atoms with Crippen molar-refractivity contribution in [3.63, 3.8) is 0 Å². The number of nitrogens with zero attached hydrogens (tertiary/aromatic N) is 1. The Balaban J connectivity index is 1.54. The number of allylic oxidation sites excluding steroid dienone is 2. The fourth-order valence-electron chi connectivity index (χ4n) is 5.81. The van der Waals surface area contributed by atoms with Crippen molar-refractivity contribution in [2.75, 3.05) is 0 Å². The Morgan fingerprint density at radius 1 is 0.971 bits per heavy atom. The van der Waals surface area contributed by atoms with Crippen LogP contribution in [0.25, 0.3) is 0 Å². The summed E-state index contributed by atoms with van der Waals surface area (Å²) in [5, 5.41) is 0.558. The van der Waals surface area contributed by atoms with Gasteiger partial charge in [0.1, 0.15) is 12.0 Å². The summed E-state index contributed by atoms with van der Waals surface area (Å²) in [5.41, 5.74) is 4.06. The van der Waals surface area contributed by atoms with Gasteiger partial charge in [0.25, 0.3) is 0 Å². The number of rotatable bonds is 4. The van der Waals surface area contributed by atoms with Gasteiger partial charge < -0.3 is 4.74 Å². The number of ketones is 1. The van der Waals surface area contributed by atoms with Crippen LogP contribution in [0.15, 0.2) is 70.9 Å². The molecule has 0 amide bonds. The van der Waals surface area contributed by atoms with E-state index in [0.29, 0.717) is 29.1 Å². The van der Waals surface area contributed by atoms with Crippen molar-refractivity contribution >= 4 is 29.1 Å². The van der Waals surface area contributed by atoms with E-state index in [1.54, 1.807) is 0 Å². The zero-order chi connectivity index (χ0) is 23.7. The van der Waals surface area contributed by atoms with Gasteiger partial charge in [0, 0.05) is 34.3 Å². The molecular formula is C29H30ClNO3. The van der Waals surface area contributed by atoms with Crippen molar-refractivity contribution in [3.05, 3.63) is 82.0 Å². The topological polar surface area (TPSA) is 55.7 Å². The molecule has 3 aliphatic rings. The van der Waals surface area contributed by atoms with Crippen molar-refractivity contribution in [1.82, 2.24) is 0 Å². The van der Waals surface area contributed by atoms with E-state index in [-0.39, 0.29) is 23.8 Å². The van der Waals surface area contributed by atoms with Gasteiger partial charge >= 0.3 is 5.97 Å². The number of carbonyl (C=O) groups excluding carboxylic acids is 2. The number of hydrogen-bond donors (Lipinski definition) is 0. The number of ether oxygens (including phenoxy) is 1. The third-order valence-electron chi connectivity index (χ3n) is 7.49. The molecule has 4 nitrogen and oxygen atoms in total. The molecule has 1 aliphatic heterocycles. The molecule has 5 heteroatoms. The molecule has 0 spiro atoms. The Morgan fingerprint density at radius 3 is 2.41 bits per heavy atom. The second-order valence-corrected chi connectivity index (χ2v) is 10.1. The van der Waals surface area contributed by atoms with Gasteiger partial charge in [-0.05, 0) is 62.1 Å². The van der Waals surface area contributed by atoms with Gasteiger partial charge in [0.2, 0.25) is 0 Å². The quantitative estimate of drug-likeness (QED) is 0.457. The average Bonchev–Trinajstić information content (AvgIpc) is 2.84. The Morgan fingerprint density at radius 2 is 1.68 bits per heavy atom. The van der Waals surface area contributed by atoms with Gasteiger partial charge in [-0.15, -0.1) is 0 Å². The number of aliphatic imine (C=N–C) groups is 1. The highest BCUT2D eigenvalue weighted by Gasteiger charge is 2.45. The predicted octanol–water partition coefficient (Wildman–Crippen LogP) is 6.79. The van der Waals surface area contributed by atoms with E-state index in [0.717, 1.165) is 42.5 Å². The third-order valence-corrected chi connectivity index (χ3v) is 7.83. The van der Waals surface area contributed by atoms with Crippen LogP contribution in [0.1, 0.15) is 74.8 Å². The fraction of sp³-hybridized carbons (Fsp3) is 0.414. The molecule has 2 aromatic rings. The first kappa shape index (κ1) is 23.0.